The van der Waals surface area contributed by atoms with E-state index in [9.17, 15) is 9.59 Å². The Balaban J connectivity index is 1.46. The van der Waals surface area contributed by atoms with Gasteiger partial charge in [0.2, 0.25) is 0 Å². The molecule has 7 aromatic carbocycles. The van der Waals surface area contributed by atoms with Gasteiger partial charge in [-0.05, 0) is 89.0 Å². The molecule has 2 heterocycles. The molecule has 2 aromatic heterocycles. The first-order valence-corrected chi connectivity index (χ1v) is 16.0. The maximum atomic E-state index is 14.4. The summed E-state index contributed by atoms with van der Waals surface area (Å²) in [6.45, 7) is 0. The summed E-state index contributed by atoms with van der Waals surface area (Å²) in [5.74, 6) is 0. The third-order valence-electron chi connectivity index (χ3n) is 9.27. The van der Waals surface area contributed by atoms with Crippen molar-refractivity contribution in [1.29, 1.82) is 0 Å². The Morgan fingerprint density at radius 2 is 0.688 bits per heavy atom. The van der Waals surface area contributed by atoms with E-state index in [-0.39, 0.29) is 10.9 Å². The van der Waals surface area contributed by atoms with E-state index in [1.165, 1.54) is 0 Å². The van der Waals surface area contributed by atoms with Gasteiger partial charge >= 0.3 is 0 Å². The molecule has 4 nitrogen and oxygen atoms in total. The lowest BCUT2D eigenvalue weighted by molar-refractivity contribution is 1.15. The van der Waals surface area contributed by atoms with E-state index in [0.717, 1.165) is 44.7 Å². The first-order valence-electron chi connectivity index (χ1n) is 16.0. The third kappa shape index (κ3) is 4.38. The number of pyridine rings is 2. The van der Waals surface area contributed by atoms with Gasteiger partial charge in [-0.25, -0.2) is 0 Å². The summed E-state index contributed by atoms with van der Waals surface area (Å²) in [4.78, 5) is 28.7. The molecule has 226 valence electrons. The molecule has 0 saturated carbocycles. The normalized spacial score (nSPS) is 11.5. The maximum absolute atomic E-state index is 14.4. The molecule has 0 atom stereocenters. The molecule has 0 spiro atoms. The van der Waals surface area contributed by atoms with Crippen LogP contribution >= 0.6 is 0 Å². The van der Waals surface area contributed by atoms with Crippen LogP contribution in [-0.4, -0.2) is 9.13 Å². The monoisotopic (exact) mass is 616 g/mol. The number of nitrogens with zero attached hydrogens (tertiary/aromatic N) is 2. The molecule has 0 aliphatic heterocycles. The lowest BCUT2D eigenvalue weighted by Crippen LogP contribution is -2.14. The smallest absolute Gasteiger partial charge is 0.197 e. The van der Waals surface area contributed by atoms with Crippen molar-refractivity contribution in [2.45, 2.75) is 0 Å². The zero-order chi connectivity index (χ0) is 32.2. The van der Waals surface area contributed by atoms with Gasteiger partial charge in [-0.15, -0.1) is 0 Å². The van der Waals surface area contributed by atoms with Crippen molar-refractivity contribution in [2.24, 2.45) is 0 Å². The summed E-state index contributed by atoms with van der Waals surface area (Å²) in [7, 11) is 0. The molecule has 0 unspecified atom stereocenters. The fourth-order valence-electron chi connectivity index (χ4n) is 7.05. The minimum atomic E-state index is -0.0681. The first-order chi connectivity index (χ1) is 23.7. The molecule has 48 heavy (non-hydrogen) atoms. The van der Waals surface area contributed by atoms with Crippen molar-refractivity contribution in [3.63, 3.8) is 0 Å². The zero-order valence-electron chi connectivity index (χ0n) is 25.9. The lowest BCUT2D eigenvalue weighted by atomic mass is 9.97. The van der Waals surface area contributed by atoms with Crippen LogP contribution in [0.4, 0.5) is 0 Å². The van der Waals surface area contributed by atoms with Crippen molar-refractivity contribution < 1.29 is 0 Å². The summed E-state index contributed by atoms with van der Waals surface area (Å²) < 4.78 is 4.24. The van der Waals surface area contributed by atoms with Gasteiger partial charge in [-0.3, -0.25) is 9.59 Å². The Morgan fingerprint density at radius 3 is 1.17 bits per heavy atom. The largest absolute Gasteiger partial charge is 0.309 e. The second-order valence-corrected chi connectivity index (χ2v) is 12.1. The number of benzene rings is 7. The third-order valence-corrected chi connectivity index (χ3v) is 9.27. The first kappa shape index (κ1) is 27.8. The summed E-state index contributed by atoms with van der Waals surface area (Å²) in [6.07, 6.45) is 0. The minimum absolute atomic E-state index is 0.0650. The number of rotatable bonds is 4. The highest BCUT2D eigenvalue weighted by atomic mass is 16.1. The second-order valence-electron chi connectivity index (χ2n) is 12.1. The van der Waals surface area contributed by atoms with Gasteiger partial charge < -0.3 is 9.13 Å². The Morgan fingerprint density at radius 1 is 0.292 bits per heavy atom. The molecule has 0 aliphatic rings. The predicted octanol–water partition coefficient (Wildman–Crippen LogP) is 9.94. The van der Waals surface area contributed by atoms with Crippen LogP contribution in [0.15, 0.2) is 179 Å². The average Bonchev–Trinajstić information content (AvgIpc) is 3.16. The van der Waals surface area contributed by atoms with E-state index in [1.54, 1.807) is 0 Å². The van der Waals surface area contributed by atoms with Gasteiger partial charge in [-0.1, -0.05) is 103 Å². The number of aromatic nitrogens is 2. The minimum Gasteiger partial charge on any atom is -0.309 e. The van der Waals surface area contributed by atoms with Crippen molar-refractivity contribution in [3.05, 3.63) is 190 Å². The van der Waals surface area contributed by atoms with Crippen LogP contribution in [0.3, 0.4) is 0 Å². The molecule has 9 aromatic rings. The predicted molar refractivity (Wildman–Crippen MR) is 199 cm³/mol. The molecule has 0 N–H and O–H groups in total. The zero-order valence-corrected chi connectivity index (χ0v) is 25.9. The molecule has 4 heteroatoms. The Labute approximate surface area is 276 Å². The van der Waals surface area contributed by atoms with E-state index in [0.29, 0.717) is 32.6 Å². The van der Waals surface area contributed by atoms with Crippen LogP contribution in [0, 0.1) is 0 Å². The Bertz CT molecular complexity index is 2740. The van der Waals surface area contributed by atoms with Gasteiger partial charge in [-0.2, -0.15) is 0 Å². The van der Waals surface area contributed by atoms with E-state index in [2.05, 4.69) is 51.6 Å². The highest BCUT2D eigenvalue weighted by Crippen LogP contribution is 2.34. The number of hydrogen-bond donors (Lipinski definition) is 0. The van der Waals surface area contributed by atoms with Crippen molar-refractivity contribution >= 4 is 43.6 Å². The van der Waals surface area contributed by atoms with Crippen molar-refractivity contribution in [3.8, 4) is 33.6 Å². The number of para-hydroxylation sites is 3. The van der Waals surface area contributed by atoms with Crippen LogP contribution in [0.2, 0.25) is 0 Å². The standard InChI is InChI=1S/C44H28N2O2/c47-43-35-20-10-12-22-39(35)45(33-18-8-3-9-19-33)41-27-38-42(28-37(41)43)46(40-23-13-11-21-36(40)44(38)48)34-25-31(29-14-4-1-5-15-29)24-32(26-34)30-16-6-2-7-17-30/h1-28H. The van der Waals surface area contributed by atoms with Gasteiger partial charge in [0.15, 0.2) is 10.9 Å². The van der Waals surface area contributed by atoms with Crippen LogP contribution in [0.1, 0.15) is 0 Å². The van der Waals surface area contributed by atoms with Gasteiger partial charge in [0.25, 0.3) is 0 Å². The maximum Gasteiger partial charge on any atom is 0.197 e. The van der Waals surface area contributed by atoms with Crippen LogP contribution < -0.4 is 10.9 Å². The molecule has 0 radical (unpaired) electrons. The van der Waals surface area contributed by atoms with E-state index < -0.39 is 0 Å². The topological polar surface area (TPSA) is 44.0 Å². The van der Waals surface area contributed by atoms with E-state index in [1.807, 2.05) is 127 Å². The molecular formula is C44H28N2O2. The lowest BCUT2D eigenvalue weighted by Gasteiger charge is -2.20. The summed E-state index contributed by atoms with van der Waals surface area (Å²) >= 11 is 0. The SMILES string of the molecule is O=c1c2ccccc2n(-c2ccccc2)c2cc3c(=O)c4ccccc4n(-c4cc(-c5ccccc5)cc(-c5ccccc5)c4)c3cc12. The second kappa shape index (κ2) is 11.1. The highest BCUT2D eigenvalue weighted by Gasteiger charge is 2.19. The summed E-state index contributed by atoms with van der Waals surface area (Å²) in [5.41, 5.74) is 8.94. The number of hydrogen-bond acceptors (Lipinski definition) is 2. The van der Waals surface area contributed by atoms with E-state index in [4.69, 9.17) is 0 Å². The van der Waals surface area contributed by atoms with Gasteiger partial charge in [0.05, 0.1) is 22.1 Å². The van der Waals surface area contributed by atoms with Crippen LogP contribution in [0.25, 0.3) is 77.2 Å². The Kier molecular flexibility index (Phi) is 6.41. The van der Waals surface area contributed by atoms with Crippen molar-refractivity contribution in [1.82, 2.24) is 9.13 Å². The fraction of sp³-hybridized carbons (Fsp3) is 0. The molecule has 0 saturated heterocycles. The molecule has 0 amide bonds. The van der Waals surface area contributed by atoms with Crippen LogP contribution in [-0.2, 0) is 0 Å². The van der Waals surface area contributed by atoms with Gasteiger partial charge in [0, 0.05) is 32.9 Å². The molecule has 0 bridgehead atoms. The molecular weight excluding hydrogens is 588 g/mol. The molecule has 0 aliphatic carbocycles. The van der Waals surface area contributed by atoms with Gasteiger partial charge in [0.1, 0.15) is 0 Å². The molecule has 9 rings (SSSR count). The van der Waals surface area contributed by atoms with Crippen LogP contribution in [0.5, 0.6) is 0 Å². The summed E-state index contributed by atoms with van der Waals surface area (Å²) in [6, 6.07) is 56.5. The quantitative estimate of drug-likeness (QED) is 0.185. The average molecular weight is 617 g/mol. The highest BCUT2D eigenvalue weighted by molar-refractivity contribution is 6.05. The summed E-state index contributed by atoms with van der Waals surface area (Å²) in [5, 5.41) is 2.34. The molecule has 0 fully saturated rings. The fourth-order valence-corrected chi connectivity index (χ4v) is 7.05. The Hall–Kier alpha value is -6.52. The van der Waals surface area contributed by atoms with E-state index >= 15 is 0 Å². The number of fused-ring (bicyclic) bond motifs is 4. The van der Waals surface area contributed by atoms with Crippen molar-refractivity contribution in [2.75, 3.05) is 0 Å².